The van der Waals surface area contributed by atoms with Crippen LogP contribution in [0.1, 0.15) is 5.56 Å². The molecule has 0 saturated heterocycles. The van der Waals surface area contributed by atoms with E-state index in [0.717, 1.165) is 11.3 Å². The van der Waals surface area contributed by atoms with Gasteiger partial charge < -0.3 is 0 Å². The number of hydrogen-bond donors (Lipinski definition) is 0. The molecule has 0 fully saturated rings. The van der Waals surface area contributed by atoms with Crippen molar-refractivity contribution in [2.45, 2.75) is 6.04 Å². The molecular weight excluding hydrogens is 174 g/mol. The summed E-state index contributed by atoms with van der Waals surface area (Å²) in [6.07, 6.45) is 5.62. The second-order valence-electron chi connectivity index (χ2n) is 2.96. The SMILES string of the molecule is N#CC1C=Cc2ccccc2N1C#N. The van der Waals surface area contributed by atoms with Crippen LogP contribution >= 0.6 is 0 Å². The van der Waals surface area contributed by atoms with Crippen LogP contribution in [0.15, 0.2) is 30.3 Å². The molecule has 66 valence electrons. The van der Waals surface area contributed by atoms with Gasteiger partial charge in [-0.05, 0) is 17.7 Å². The number of fused-ring (bicyclic) bond motifs is 1. The Labute approximate surface area is 82.1 Å². The van der Waals surface area contributed by atoms with E-state index >= 15 is 0 Å². The molecule has 1 aliphatic heterocycles. The van der Waals surface area contributed by atoms with Crippen LogP contribution in [0.2, 0.25) is 0 Å². The van der Waals surface area contributed by atoms with Crippen LogP contribution in [0.25, 0.3) is 6.08 Å². The molecule has 3 nitrogen and oxygen atoms in total. The molecule has 0 spiro atoms. The summed E-state index contributed by atoms with van der Waals surface area (Å²) in [5, 5.41) is 17.8. The van der Waals surface area contributed by atoms with Gasteiger partial charge in [0.05, 0.1) is 11.8 Å². The number of hydrogen-bond acceptors (Lipinski definition) is 3. The minimum absolute atomic E-state index is 0.477. The summed E-state index contributed by atoms with van der Waals surface area (Å²) in [6.45, 7) is 0. The van der Waals surface area contributed by atoms with Gasteiger partial charge in [0, 0.05) is 0 Å². The van der Waals surface area contributed by atoms with Crippen molar-refractivity contribution in [2.75, 3.05) is 4.90 Å². The molecule has 0 bridgehead atoms. The summed E-state index contributed by atoms with van der Waals surface area (Å²) in [4.78, 5) is 1.41. The molecule has 0 N–H and O–H groups in total. The Hall–Kier alpha value is -2.26. The molecule has 1 heterocycles. The van der Waals surface area contributed by atoms with Crippen LogP contribution in [0.4, 0.5) is 5.69 Å². The van der Waals surface area contributed by atoms with Crippen molar-refractivity contribution in [2.24, 2.45) is 0 Å². The van der Waals surface area contributed by atoms with Crippen molar-refractivity contribution in [3.63, 3.8) is 0 Å². The predicted octanol–water partition coefficient (Wildman–Crippen LogP) is 1.89. The fourth-order valence-corrected chi connectivity index (χ4v) is 1.50. The van der Waals surface area contributed by atoms with Gasteiger partial charge in [0.25, 0.3) is 0 Å². The largest absolute Gasteiger partial charge is 0.258 e. The summed E-state index contributed by atoms with van der Waals surface area (Å²) >= 11 is 0. The van der Waals surface area contributed by atoms with Crippen LogP contribution < -0.4 is 4.90 Å². The van der Waals surface area contributed by atoms with Crippen molar-refractivity contribution in [1.29, 1.82) is 10.5 Å². The zero-order chi connectivity index (χ0) is 9.97. The highest BCUT2D eigenvalue weighted by Crippen LogP contribution is 2.27. The standard InChI is InChI=1S/C11H7N3/c12-7-10-6-5-9-3-1-2-4-11(9)14(10)8-13/h1-6,10H. The van der Waals surface area contributed by atoms with E-state index in [1.165, 1.54) is 4.90 Å². The second-order valence-corrected chi connectivity index (χ2v) is 2.96. The molecule has 3 heteroatoms. The summed E-state index contributed by atoms with van der Waals surface area (Å²) in [5.41, 5.74) is 1.77. The second kappa shape index (κ2) is 3.24. The molecule has 1 unspecified atom stereocenters. The van der Waals surface area contributed by atoms with Crippen LogP contribution in [0.3, 0.4) is 0 Å². The van der Waals surface area contributed by atoms with Crippen molar-refractivity contribution in [3.8, 4) is 12.3 Å². The monoisotopic (exact) mass is 181 g/mol. The van der Waals surface area contributed by atoms with E-state index in [-0.39, 0.29) is 0 Å². The van der Waals surface area contributed by atoms with E-state index in [1.807, 2.05) is 36.5 Å². The average Bonchev–Trinajstić information content (AvgIpc) is 2.27. The molecule has 0 radical (unpaired) electrons. The van der Waals surface area contributed by atoms with Crippen molar-refractivity contribution >= 4 is 11.8 Å². The predicted molar refractivity (Wildman–Crippen MR) is 53.0 cm³/mol. The van der Waals surface area contributed by atoms with Crippen LogP contribution in [-0.2, 0) is 0 Å². The van der Waals surface area contributed by atoms with Gasteiger partial charge >= 0.3 is 0 Å². The number of nitrogens with zero attached hydrogens (tertiary/aromatic N) is 3. The lowest BCUT2D eigenvalue weighted by atomic mass is 10.0. The molecule has 1 aliphatic rings. The summed E-state index contributed by atoms with van der Waals surface area (Å²) < 4.78 is 0. The van der Waals surface area contributed by atoms with Crippen LogP contribution in [0.5, 0.6) is 0 Å². The van der Waals surface area contributed by atoms with Gasteiger partial charge in [0.2, 0.25) is 0 Å². The highest BCUT2D eigenvalue weighted by molar-refractivity contribution is 5.74. The Morgan fingerprint density at radius 2 is 2.00 bits per heavy atom. The van der Waals surface area contributed by atoms with Gasteiger partial charge in [-0.1, -0.05) is 24.3 Å². The van der Waals surface area contributed by atoms with Crippen molar-refractivity contribution < 1.29 is 0 Å². The number of benzene rings is 1. The molecule has 0 aromatic heterocycles. The molecule has 0 saturated carbocycles. The Morgan fingerprint density at radius 3 is 2.71 bits per heavy atom. The lowest BCUT2D eigenvalue weighted by Gasteiger charge is -2.24. The molecule has 1 aromatic rings. The van der Waals surface area contributed by atoms with E-state index in [4.69, 9.17) is 10.5 Å². The van der Waals surface area contributed by atoms with Crippen molar-refractivity contribution in [3.05, 3.63) is 35.9 Å². The Morgan fingerprint density at radius 1 is 1.21 bits per heavy atom. The first kappa shape index (κ1) is 8.34. The van der Waals surface area contributed by atoms with Gasteiger partial charge in [0.1, 0.15) is 6.04 Å². The highest BCUT2D eigenvalue weighted by atomic mass is 15.2. The maximum atomic E-state index is 8.93. The Balaban J connectivity index is 2.55. The van der Waals surface area contributed by atoms with E-state index < -0.39 is 6.04 Å². The summed E-state index contributed by atoms with van der Waals surface area (Å²) in [6, 6.07) is 9.11. The maximum absolute atomic E-state index is 8.93. The maximum Gasteiger partial charge on any atom is 0.185 e. The molecule has 1 aromatic carbocycles. The van der Waals surface area contributed by atoms with E-state index in [1.54, 1.807) is 6.08 Å². The highest BCUT2D eigenvalue weighted by Gasteiger charge is 2.21. The van der Waals surface area contributed by atoms with Crippen molar-refractivity contribution in [1.82, 2.24) is 0 Å². The molecule has 0 aliphatic carbocycles. The first-order valence-corrected chi connectivity index (χ1v) is 4.22. The Bertz CT molecular complexity index is 462. The molecular formula is C11H7N3. The third-order valence-corrected chi connectivity index (χ3v) is 2.17. The van der Waals surface area contributed by atoms with Gasteiger partial charge in [-0.3, -0.25) is 4.90 Å². The third kappa shape index (κ3) is 1.12. The minimum atomic E-state index is -0.477. The van der Waals surface area contributed by atoms with Crippen LogP contribution in [-0.4, -0.2) is 6.04 Å². The van der Waals surface area contributed by atoms with Gasteiger partial charge in [0.15, 0.2) is 6.19 Å². The van der Waals surface area contributed by atoms with E-state index in [9.17, 15) is 0 Å². The van der Waals surface area contributed by atoms with E-state index in [2.05, 4.69) is 6.07 Å². The third-order valence-electron chi connectivity index (χ3n) is 2.17. The number of rotatable bonds is 0. The van der Waals surface area contributed by atoms with E-state index in [0.29, 0.717) is 0 Å². The fourth-order valence-electron chi connectivity index (χ4n) is 1.50. The lowest BCUT2D eigenvalue weighted by Crippen LogP contribution is -2.30. The molecule has 2 rings (SSSR count). The minimum Gasteiger partial charge on any atom is -0.258 e. The zero-order valence-corrected chi connectivity index (χ0v) is 7.38. The lowest BCUT2D eigenvalue weighted by molar-refractivity contribution is 0.948. The normalized spacial score (nSPS) is 18.1. The smallest absolute Gasteiger partial charge is 0.185 e. The number of anilines is 1. The van der Waals surface area contributed by atoms with Gasteiger partial charge in [-0.2, -0.15) is 10.5 Å². The first-order valence-electron chi connectivity index (χ1n) is 4.22. The number of nitriles is 2. The van der Waals surface area contributed by atoms with Gasteiger partial charge in [-0.25, -0.2) is 0 Å². The summed E-state index contributed by atoms with van der Waals surface area (Å²) in [5.74, 6) is 0. The quantitative estimate of drug-likeness (QED) is 0.574. The fraction of sp³-hybridized carbons (Fsp3) is 0.0909. The number of para-hydroxylation sites is 1. The van der Waals surface area contributed by atoms with Crippen LogP contribution in [0, 0.1) is 22.8 Å². The molecule has 0 amide bonds. The molecule has 1 atom stereocenters. The zero-order valence-electron chi connectivity index (χ0n) is 7.38. The summed E-state index contributed by atoms with van der Waals surface area (Å²) in [7, 11) is 0. The average molecular weight is 181 g/mol. The topological polar surface area (TPSA) is 50.8 Å². The molecule has 14 heavy (non-hydrogen) atoms. The van der Waals surface area contributed by atoms with Gasteiger partial charge in [-0.15, -0.1) is 0 Å². The first-order chi connectivity index (χ1) is 6.86. The Kier molecular flexibility index (Phi) is 1.93.